The maximum absolute atomic E-state index is 12.6. The minimum atomic E-state index is -4.34. The topological polar surface area (TPSA) is 27.3 Å². The summed E-state index contributed by atoms with van der Waals surface area (Å²) in [6, 6.07) is 12.8. The molecule has 0 aromatic heterocycles. The second-order valence-electron chi connectivity index (χ2n) is 6.34. The molecule has 0 aliphatic carbocycles. The van der Waals surface area contributed by atoms with Crippen LogP contribution in [0.25, 0.3) is 0 Å². The molecule has 1 fully saturated rings. The van der Waals surface area contributed by atoms with Gasteiger partial charge in [-0.25, -0.2) is 0 Å². The molecule has 0 amide bonds. The number of nitrogens with zero attached hydrogens (tertiary/aromatic N) is 1. The van der Waals surface area contributed by atoms with Crippen molar-refractivity contribution in [2.45, 2.75) is 25.6 Å². The average Bonchev–Trinajstić information content (AvgIpc) is 3.07. The van der Waals surface area contributed by atoms with Crippen LogP contribution in [0.1, 0.15) is 24.0 Å². The number of alkyl halides is 3. The zero-order valence-electron chi connectivity index (χ0n) is 14.1. The molecule has 0 radical (unpaired) electrons. The lowest BCUT2D eigenvalue weighted by molar-refractivity contribution is -0.137. The van der Waals surface area contributed by atoms with E-state index in [1.165, 1.54) is 30.5 Å². The first-order chi connectivity index (χ1) is 12.4. The van der Waals surface area contributed by atoms with Gasteiger partial charge in [-0.3, -0.25) is 4.90 Å². The normalized spacial score (nSPS) is 15.0. The van der Waals surface area contributed by atoms with Crippen molar-refractivity contribution in [2.24, 2.45) is 0 Å². The van der Waals surface area contributed by atoms with E-state index < -0.39 is 11.7 Å². The number of hydrogen-bond donors (Lipinski definition) is 2. The first-order valence-electron chi connectivity index (χ1n) is 8.47. The van der Waals surface area contributed by atoms with Crippen molar-refractivity contribution in [3.8, 4) is 0 Å². The van der Waals surface area contributed by atoms with E-state index in [9.17, 15) is 13.2 Å². The standard InChI is InChI=1S/C19H20F3N3S/c20-19(21,22)15-6-8-16(9-7-15)23-18(26)24-17-5-3-4-14(12-17)13-25-10-1-2-11-25/h3-9,12H,1-2,10-11,13H2,(H2,23,24,26). The summed E-state index contributed by atoms with van der Waals surface area (Å²) in [5.41, 5.74) is 1.88. The third kappa shape index (κ3) is 5.19. The van der Waals surface area contributed by atoms with Gasteiger partial charge >= 0.3 is 6.18 Å². The Hall–Kier alpha value is -2.12. The number of nitrogens with one attached hydrogen (secondary N) is 2. The molecule has 7 heteroatoms. The second kappa shape index (κ2) is 8.05. The summed E-state index contributed by atoms with van der Waals surface area (Å²) in [6.45, 7) is 3.17. The van der Waals surface area contributed by atoms with E-state index in [2.05, 4.69) is 21.6 Å². The minimum Gasteiger partial charge on any atom is -0.332 e. The maximum atomic E-state index is 12.6. The molecule has 0 unspecified atom stereocenters. The third-order valence-electron chi connectivity index (χ3n) is 4.26. The van der Waals surface area contributed by atoms with Crippen LogP contribution in [0.3, 0.4) is 0 Å². The van der Waals surface area contributed by atoms with Gasteiger partial charge in [0.1, 0.15) is 0 Å². The molecule has 2 aromatic carbocycles. The highest BCUT2D eigenvalue weighted by atomic mass is 32.1. The molecule has 138 valence electrons. The Morgan fingerprint density at radius 3 is 2.27 bits per heavy atom. The Bertz CT molecular complexity index is 753. The molecule has 0 spiro atoms. The van der Waals surface area contributed by atoms with Crippen molar-refractivity contribution >= 4 is 28.7 Å². The number of rotatable bonds is 4. The van der Waals surface area contributed by atoms with Gasteiger partial charge in [0, 0.05) is 17.9 Å². The van der Waals surface area contributed by atoms with E-state index in [1.54, 1.807) is 0 Å². The average molecular weight is 379 g/mol. The smallest absolute Gasteiger partial charge is 0.332 e. The van der Waals surface area contributed by atoms with Crippen molar-refractivity contribution in [3.63, 3.8) is 0 Å². The van der Waals surface area contributed by atoms with Gasteiger partial charge in [0.15, 0.2) is 5.11 Å². The number of benzene rings is 2. The quantitative estimate of drug-likeness (QED) is 0.722. The van der Waals surface area contributed by atoms with Crippen molar-refractivity contribution < 1.29 is 13.2 Å². The highest BCUT2D eigenvalue weighted by Gasteiger charge is 2.29. The Labute approximate surface area is 156 Å². The molecule has 0 bridgehead atoms. The van der Waals surface area contributed by atoms with Gasteiger partial charge in [-0.15, -0.1) is 0 Å². The Morgan fingerprint density at radius 1 is 0.962 bits per heavy atom. The molecule has 1 saturated heterocycles. The minimum absolute atomic E-state index is 0.336. The zero-order chi connectivity index (χ0) is 18.6. The lowest BCUT2D eigenvalue weighted by Crippen LogP contribution is -2.20. The summed E-state index contributed by atoms with van der Waals surface area (Å²) in [5, 5.41) is 6.32. The molecule has 3 rings (SSSR count). The van der Waals surface area contributed by atoms with Gasteiger partial charge in [-0.05, 0) is 80.1 Å². The summed E-state index contributed by atoms with van der Waals surface area (Å²) in [5.74, 6) is 0. The fourth-order valence-electron chi connectivity index (χ4n) is 2.98. The van der Waals surface area contributed by atoms with Crippen molar-refractivity contribution in [1.82, 2.24) is 4.90 Å². The summed E-state index contributed by atoms with van der Waals surface area (Å²) >= 11 is 5.26. The first kappa shape index (κ1) is 18.7. The van der Waals surface area contributed by atoms with Crippen LogP contribution in [0.4, 0.5) is 24.5 Å². The molecule has 1 aliphatic heterocycles. The number of hydrogen-bond acceptors (Lipinski definition) is 2. The number of likely N-dealkylation sites (tertiary alicyclic amines) is 1. The molecule has 2 N–H and O–H groups in total. The van der Waals surface area contributed by atoms with Gasteiger partial charge in [0.25, 0.3) is 0 Å². The maximum Gasteiger partial charge on any atom is 0.416 e. The lowest BCUT2D eigenvalue weighted by Gasteiger charge is -2.16. The number of halogens is 3. The van der Waals surface area contributed by atoms with Crippen molar-refractivity contribution in [1.29, 1.82) is 0 Å². The monoisotopic (exact) mass is 379 g/mol. The molecular weight excluding hydrogens is 359 g/mol. The highest BCUT2D eigenvalue weighted by molar-refractivity contribution is 7.80. The number of thiocarbonyl (C=S) groups is 1. The molecule has 3 nitrogen and oxygen atoms in total. The van der Waals surface area contributed by atoms with Crippen LogP contribution in [0.2, 0.25) is 0 Å². The largest absolute Gasteiger partial charge is 0.416 e. The van der Waals surface area contributed by atoms with E-state index in [-0.39, 0.29) is 0 Å². The van der Waals surface area contributed by atoms with Crippen molar-refractivity contribution in [2.75, 3.05) is 23.7 Å². The first-order valence-corrected chi connectivity index (χ1v) is 8.87. The summed E-state index contributed by atoms with van der Waals surface area (Å²) in [7, 11) is 0. The van der Waals surface area contributed by atoms with Gasteiger partial charge < -0.3 is 10.6 Å². The molecule has 0 atom stereocenters. The van der Waals surface area contributed by atoms with Crippen LogP contribution >= 0.6 is 12.2 Å². The van der Waals surface area contributed by atoms with E-state index in [4.69, 9.17) is 12.2 Å². The Kier molecular flexibility index (Phi) is 5.78. The summed E-state index contributed by atoms with van der Waals surface area (Å²) in [6.07, 6.45) is -1.84. The molecule has 26 heavy (non-hydrogen) atoms. The number of anilines is 2. The predicted octanol–water partition coefficient (Wildman–Crippen LogP) is 5.11. The summed E-state index contributed by atoms with van der Waals surface area (Å²) in [4.78, 5) is 2.41. The summed E-state index contributed by atoms with van der Waals surface area (Å²) < 4.78 is 37.8. The van der Waals surface area contributed by atoms with Crippen LogP contribution in [-0.2, 0) is 12.7 Å². The fraction of sp³-hybridized carbons (Fsp3) is 0.316. The molecular formula is C19H20F3N3S. The van der Waals surface area contributed by atoms with Gasteiger partial charge in [0.2, 0.25) is 0 Å². The molecule has 1 aliphatic rings. The van der Waals surface area contributed by atoms with Crippen LogP contribution in [0, 0.1) is 0 Å². The van der Waals surface area contributed by atoms with Crippen LogP contribution < -0.4 is 10.6 Å². The molecule has 0 saturated carbocycles. The fourth-order valence-corrected chi connectivity index (χ4v) is 3.22. The Morgan fingerprint density at radius 2 is 1.62 bits per heavy atom. The van der Waals surface area contributed by atoms with E-state index in [1.807, 2.05) is 18.2 Å². The van der Waals surface area contributed by atoms with Gasteiger partial charge in [-0.2, -0.15) is 13.2 Å². The molecule has 1 heterocycles. The van der Waals surface area contributed by atoms with E-state index >= 15 is 0 Å². The van der Waals surface area contributed by atoms with Crippen LogP contribution in [0.15, 0.2) is 48.5 Å². The second-order valence-corrected chi connectivity index (χ2v) is 6.75. The SMILES string of the molecule is FC(F)(F)c1ccc(NC(=S)Nc2cccc(CN3CCCC3)c2)cc1. The van der Waals surface area contributed by atoms with Gasteiger partial charge in [-0.1, -0.05) is 12.1 Å². The van der Waals surface area contributed by atoms with Crippen LogP contribution in [-0.4, -0.2) is 23.1 Å². The predicted molar refractivity (Wildman–Crippen MR) is 102 cm³/mol. The Balaban J connectivity index is 1.57. The van der Waals surface area contributed by atoms with Gasteiger partial charge in [0.05, 0.1) is 5.56 Å². The zero-order valence-corrected chi connectivity index (χ0v) is 15.0. The van der Waals surface area contributed by atoms with E-state index in [0.717, 1.165) is 37.5 Å². The van der Waals surface area contributed by atoms with Crippen molar-refractivity contribution in [3.05, 3.63) is 59.7 Å². The third-order valence-corrected chi connectivity index (χ3v) is 4.46. The van der Waals surface area contributed by atoms with E-state index in [0.29, 0.717) is 10.8 Å². The van der Waals surface area contributed by atoms with Crippen LogP contribution in [0.5, 0.6) is 0 Å². The molecule has 2 aromatic rings. The lowest BCUT2D eigenvalue weighted by atomic mass is 10.2. The highest BCUT2D eigenvalue weighted by Crippen LogP contribution is 2.29.